The van der Waals surface area contributed by atoms with Crippen molar-refractivity contribution in [3.63, 3.8) is 0 Å². The number of nitrogens with one attached hydrogen (secondary N) is 2. The van der Waals surface area contributed by atoms with Crippen LogP contribution in [0.5, 0.6) is 5.75 Å². The number of phenols is 1. The highest BCUT2D eigenvalue weighted by Crippen LogP contribution is 2.11. The summed E-state index contributed by atoms with van der Waals surface area (Å²) in [6.07, 6.45) is 0. The third-order valence-corrected chi connectivity index (χ3v) is 4.62. The molecule has 0 radical (unpaired) electrons. The molecular weight excluding hydrogens is 316 g/mol. The van der Waals surface area contributed by atoms with Crippen molar-refractivity contribution in [1.82, 2.24) is 10.0 Å². The van der Waals surface area contributed by atoms with Crippen LogP contribution >= 0.6 is 0 Å². The maximum Gasteiger partial charge on any atom is 0.251 e. The van der Waals surface area contributed by atoms with E-state index in [1.54, 1.807) is 24.3 Å². The highest BCUT2D eigenvalue weighted by atomic mass is 32.2. The van der Waals surface area contributed by atoms with Gasteiger partial charge in [0.15, 0.2) is 0 Å². The van der Waals surface area contributed by atoms with Crippen LogP contribution in [-0.4, -0.2) is 32.5 Å². The number of phenolic OH excluding ortho intramolecular Hbond substituents is 1. The van der Waals surface area contributed by atoms with Crippen molar-refractivity contribution in [2.45, 2.75) is 11.8 Å². The maximum absolute atomic E-state index is 12.0. The summed E-state index contributed by atoms with van der Waals surface area (Å²) in [7, 11) is -3.59. The third kappa shape index (κ3) is 4.80. The average Bonchev–Trinajstić information content (AvgIpc) is 2.52. The molecule has 0 saturated carbocycles. The number of aromatic hydroxyl groups is 1. The first-order valence-electron chi connectivity index (χ1n) is 7.02. The molecule has 0 spiro atoms. The Hall–Kier alpha value is -2.38. The maximum atomic E-state index is 12.0. The number of hydrogen-bond acceptors (Lipinski definition) is 4. The van der Waals surface area contributed by atoms with Crippen LogP contribution in [0.3, 0.4) is 0 Å². The molecule has 0 bridgehead atoms. The van der Waals surface area contributed by atoms with Gasteiger partial charge in [0.1, 0.15) is 5.75 Å². The van der Waals surface area contributed by atoms with Gasteiger partial charge >= 0.3 is 0 Å². The summed E-state index contributed by atoms with van der Waals surface area (Å²) < 4.78 is 26.5. The summed E-state index contributed by atoms with van der Waals surface area (Å²) >= 11 is 0. The Kier molecular flexibility index (Phi) is 5.36. The molecule has 0 unspecified atom stereocenters. The molecule has 0 aliphatic rings. The van der Waals surface area contributed by atoms with Gasteiger partial charge in [-0.15, -0.1) is 0 Å². The summed E-state index contributed by atoms with van der Waals surface area (Å²) in [6, 6.07) is 12.4. The number of amides is 1. The van der Waals surface area contributed by atoms with Gasteiger partial charge in [-0.25, -0.2) is 13.1 Å². The van der Waals surface area contributed by atoms with Crippen LogP contribution in [-0.2, 0) is 10.0 Å². The lowest BCUT2D eigenvalue weighted by molar-refractivity contribution is 0.0954. The van der Waals surface area contributed by atoms with Gasteiger partial charge in [-0.3, -0.25) is 4.79 Å². The highest BCUT2D eigenvalue weighted by molar-refractivity contribution is 7.89. The second-order valence-electron chi connectivity index (χ2n) is 5.02. The first kappa shape index (κ1) is 17.0. The Morgan fingerprint density at radius 2 is 1.78 bits per heavy atom. The molecule has 1 amide bonds. The van der Waals surface area contributed by atoms with Crippen LogP contribution in [0.2, 0.25) is 0 Å². The zero-order valence-electron chi connectivity index (χ0n) is 12.6. The number of carbonyl (C=O) groups excluding carboxylic acids is 1. The molecule has 0 fully saturated rings. The largest absolute Gasteiger partial charge is 0.508 e. The fraction of sp³-hybridized carbons (Fsp3) is 0.188. The van der Waals surface area contributed by atoms with Gasteiger partial charge in [0.05, 0.1) is 4.90 Å². The molecule has 7 heteroatoms. The first-order valence-corrected chi connectivity index (χ1v) is 8.50. The van der Waals surface area contributed by atoms with E-state index < -0.39 is 10.0 Å². The van der Waals surface area contributed by atoms with Gasteiger partial charge in [0.2, 0.25) is 10.0 Å². The van der Waals surface area contributed by atoms with E-state index in [2.05, 4.69) is 10.0 Å². The molecule has 6 nitrogen and oxygen atoms in total. The fourth-order valence-corrected chi connectivity index (χ4v) is 2.94. The fourth-order valence-electron chi connectivity index (χ4n) is 1.91. The number of hydrogen-bond donors (Lipinski definition) is 3. The van der Waals surface area contributed by atoms with Gasteiger partial charge in [0.25, 0.3) is 5.91 Å². The van der Waals surface area contributed by atoms with Crippen LogP contribution in [0.1, 0.15) is 15.9 Å². The number of benzene rings is 2. The summed E-state index contributed by atoms with van der Waals surface area (Å²) in [4.78, 5) is 12.0. The topological polar surface area (TPSA) is 95.5 Å². The number of sulfonamides is 1. The normalized spacial score (nSPS) is 11.2. The van der Waals surface area contributed by atoms with E-state index in [9.17, 15) is 18.3 Å². The lowest BCUT2D eigenvalue weighted by atomic mass is 10.2. The number of aryl methyl sites for hydroxylation is 1. The van der Waals surface area contributed by atoms with E-state index in [1.165, 1.54) is 24.3 Å². The van der Waals surface area contributed by atoms with Gasteiger partial charge in [-0.1, -0.05) is 23.8 Å². The molecule has 2 aromatic rings. The van der Waals surface area contributed by atoms with Crippen LogP contribution in [0.15, 0.2) is 53.4 Å². The zero-order valence-corrected chi connectivity index (χ0v) is 13.4. The summed E-state index contributed by atoms with van der Waals surface area (Å²) in [5.41, 5.74) is 1.29. The standard InChI is InChI=1S/C16H18N2O4S/c1-12-5-7-15(8-6-12)23(21,22)18-10-9-17-16(20)13-3-2-4-14(19)11-13/h2-8,11,18-19H,9-10H2,1H3,(H,17,20). The van der Waals surface area contributed by atoms with E-state index in [1.807, 2.05) is 6.92 Å². The smallest absolute Gasteiger partial charge is 0.251 e. The molecular formula is C16H18N2O4S. The van der Waals surface area contributed by atoms with Crippen molar-refractivity contribution in [3.05, 3.63) is 59.7 Å². The Labute approximate surface area is 135 Å². The Morgan fingerprint density at radius 1 is 1.09 bits per heavy atom. The minimum atomic E-state index is -3.59. The van der Waals surface area contributed by atoms with Crippen molar-refractivity contribution >= 4 is 15.9 Å². The molecule has 0 heterocycles. The number of carbonyl (C=O) groups is 1. The SMILES string of the molecule is Cc1ccc(S(=O)(=O)NCCNC(=O)c2cccc(O)c2)cc1. The first-order chi connectivity index (χ1) is 10.9. The van der Waals surface area contributed by atoms with Gasteiger partial charge in [-0.05, 0) is 37.3 Å². The van der Waals surface area contributed by atoms with E-state index in [-0.39, 0.29) is 29.6 Å². The van der Waals surface area contributed by atoms with Gasteiger partial charge in [0, 0.05) is 18.7 Å². The van der Waals surface area contributed by atoms with Crippen molar-refractivity contribution in [1.29, 1.82) is 0 Å². The van der Waals surface area contributed by atoms with Crippen molar-refractivity contribution in [3.8, 4) is 5.75 Å². The van der Waals surface area contributed by atoms with Crippen LogP contribution < -0.4 is 10.0 Å². The van der Waals surface area contributed by atoms with E-state index >= 15 is 0 Å². The molecule has 2 rings (SSSR count). The predicted octanol–water partition coefficient (Wildman–Crippen LogP) is 1.41. The summed E-state index contributed by atoms with van der Waals surface area (Å²) in [5.74, 6) is -0.381. The van der Waals surface area contributed by atoms with E-state index in [4.69, 9.17) is 0 Å². The predicted molar refractivity (Wildman–Crippen MR) is 86.8 cm³/mol. The second-order valence-corrected chi connectivity index (χ2v) is 6.78. The van der Waals surface area contributed by atoms with Crippen molar-refractivity contribution in [2.75, 3.05) is 13.1 Å². The van der Waals surface area contributed by atoms with Crippen molar-refractivity contribution in [2.24, 2.45) is 0 Å². The number of rotatable bonds is 6. The van der Waals surface area contributed by atoms with Crippen LogP contribution in [0.4, 0.5) is 0 Å². The molecule has 0 saturated heterocycles. The van der Waals surface area contributed by atoms with E-state index in [0.717, 1.165) is 5.56 Å². The molecule has 0 aromatic heterocycles. The van der Waals surface area contributed by atoms with Crippen LogP contribution in [0, 0.1) is 6.92 Å². The highest BCUT2D eigenvalue weighted by Gasteiger charge is 2.13. The summed E-state index contributed by atoms with van der Waals surface area (Å²) in [5, 5.41) is 11.9. The Morgan fingerprint density at radius 3 is 2.43 bits per heavy atom. The molecule has 23 heavy (non-hydrogen) atoms. The monoisotopic (exact) mass is 334 g/mol. The lowest BCUT2D eigenvalue weighted by Crippen LogP contribution is -2.34. The van der Waals surface area contributed by atoms with Gasteiger partial charge < -0.3 is 10.4 Å². The molecule has 0 atom stereocenters. The summed E-state index contributed by atoms with van der Waals surface area (Å²) in [6.45, 7) is 2.08. The minimum absolute atomic E-state index is 0.00211. The van der Waals surface area contributed by atoms with Crippen LogP contribution in [0.25, 0.3) is 0 Å². The average molecular weight is 334 g/mol. The Balaban J connectivity index is 1.85. The van der Waals surface area contributed by atoms with E-state index in [0.29, 0.717) is 5.56 Å². The molecule has 3 N–H and O–H groups in total. The second kappa shape index (κ2) is 7.26. The minimum Gasteiger partial charge on any atom is -0.508 e. The lowest BCUT2D eigenvalue weighted by Gasteiger charge is -2.08. The van der Waals surface area contributed by atoms with Gasteiger partial charge in [-0.2, -0.15) is 0 Å². The quantitative estimate of drug-likeness (QED) is 0.696. The molecule has 2 aromatic carbocycles. The third-order valence-electron chi connectivity index (χ3n) is 3.14. The Bertz CT molecular complexity index is 786. The zero-order chi connectivity index (χ0) is 16.9. The molecule has 122 valence electrons. The molecule has 0 aliphatic heterocycles. The molecule has 0 aliphatic carbocycles. The van der Waals surface area contributed by atoms with Crippen molar-refractivity contribution < 1.29 is 18.3 Å².